The van der Waals surface area contributed by atoms with E-state index in [1.807, 2.05) is 19.2 Å². The molecule has 1 saturated carbocycles. The zero-order chi connectivity index (χ0) is 13.2. The molecule has 1 aliphatic carbocycles. The SMILES string of the molecule is CNC(C#N)(CN(C)c1ccccc1C)C1CC1. The summed E-state index contributed by atoms with van der Waals surface area (Å²) in [5, 5.41) is 12.8. The van der Waals surface area contributed by atoms with Crippen molar-refractivity contribution in [1.82, 2.24) is 5.32 Å². The molecule has 0 spiro atoms. The lowest BCUT2D eigenvalue weighted by Crippen LogP contribution is -2.52. The van der Waals surface area contributed by atoms with Crippen LogP contribution in [-0.2, 0) is 0 Å². The van der Waals surface area contributed by atoms with Gasteiger partial charge in [-0.15, -0.1) is 0 Å². The summed E-state index contributed by atoms with van der Waals surface area (Å²) in [6.45, 7) is 2.84. The van der Waals surface area contributed by atoms with E-state index >= 15 is 0 Å². The highest BCUT2D eigenvalue weighted by Gasteiger charge is 2.45. The fraction of sp³-hybridized carbons (Fsp3) is 0.533. The number of hydrogen-bond donors (Lipinski definition) is 1. The van der Waals surface area contributed by atoms with Crippen LogP contribution in [0.5, 0.6) is 0 Å². The van der Waals surface area contributed by atoms with E-state index in [1.165, 1.54) is 11.3 Å². The fourth-order valence-corrected chi connectivity index (χ4v) is 2.62. The minimum absolute atomic E-state index is 0.406. The first-order valence-electron chi connectivity index (χ1n) is 6.50. The summed E-state index contributed by atoms with van der Waals surface area (Å²) in [5.74, 6) is 0.499. The molecule has 1 aromatic rings. The zero-order valence-electron chi connectivity index (χ0n) is 11.4. The Morgan fingerprint density at radius 3 is 2.61 bits per heavy atom. The van der Waals surface area contributed by atoms with Crippen LogP contribution in [0.2, 0.25) is 0 Å². The highest BCUT2D eigenvalue weighted by atomic mass is 15.2. The molecule has 1 unspecified atom stereocenters. The van der Waals surface area contributed by atoms with Gasteiger partial charge in [0.25, 0.3) is 0 Å². The lowest BCUT2D eigenvalue weighted by atomic mass is 9.94. The van der Waals surface area contributed by atoms with E-state index in [0.717, 1.165) is 19.4 Å². The van der Waals surface area contributed by atoms with Gasteiger partial charge in [0.05, 0.1) is 6.07 Å². The third-order valence-corrected chi connectivity index (χ3v) is 3.93. The van der Waals surface area contributed by atoms with Gasteiger partial charge >= 0.3 is 0 Å². The number of nitriles is 1. The molecule has 0 aromatic heterocycles. The van der Waals surface area contributed by atoms with E-state index in [1.54, 1.807) is 0 Å². The van der Waals surface area contributed by atoms with Gasteiger partial charge in [0, 0.05) is 19.3 Å². The number of anilines is 1. The molecule has 0 radical (unpaired) electrons. The second kappa shape index (κ2) is 4.99. The van der Waals surface area contributed by atoms with Crippen molar-refractivity contribution < 1.29 is 0 Å². The van der Waals surface area contributed by atoms with E-state index in [0.29, 0.717) is 5.92 Å². The Morgan fingerprint density at radius 2 is 2.11 bits per heavy atom. The second-order valence-corrected chi connectivity index (χ2v) is 5.25. The van der Waals surface area contributed by atoms with Gasteiger partial charge in [-0.1, -0.05) is 18.2 Å². The average molecular weight is 243 g/mol. The minimum atomic E-state index is -0.406. The number of hydrogen-bond acceptors (Lipinski definition) is 3. The molecule has 0 saturated heterocycles. The van der Waals surface area contributed by atoms with Crippen LogP contribution in [0.4, 0.5) is 5.69 Å². The number of rotatable bonds is 5. The van der Waals surface area contributed by atoms with Crippen molar-refractivity contribution >= 4 is 5.69 Å². The normalized spacial score (nSPS) is 17.9. The summed E-state index contributed by atoms with van der Waals surface area (Å²) in [5.41, 5.74) is 2.04. The van der Waals surface area contributed by atoms with Crippen LogP contribution in [0.25, 0.3) is 0 Å². The van der Waals surface area contributed by atoms with E-state index in [9.17, 15) is 5.26 Å². The largest absolute Gasteiger partial charge is 0.371 e. The number of nitrogens with one attached hydrogen (secondary N) is 1. The lowest BCUT2D eigenvalue weighted by Gasteiger charge is -2.33. The topological polar surface area (TPSA) is 39.1 Å². The van der Waals surface area contributed by atoms with Gasteiger partial charge < -0.3 is 10.2 Å². The Balaban J connectivity index is 2.18. The summed E-state index contributed by atoms with van der Waals surface area (Å²) in [4.78, 5) is 2.19. The quantitative estimate of drug-likeness (QED) is 0.862. The zero-order valence-corrected chi connectivity index (χ0v) is 11.4. The van der Waals surface area contributed by atoms with Gasteiger partial charge in [0.1, 0.15) is 5.54 Å². The van der Waals surface area contributed by atoms with Crippen molar-refractivity contribution in [2.45, 2.75) is 25.3 Å². The number of benzene rings is 1. The Bertz CT molecular complexity index is 459. The molecule has 96 valence electrons. The molecule has 3 nitrogen and oxygen atoms in total. The maximum atomic E-state index is 9.51. The molecule has 1 atom stereocenters. The molecule has 0 bridgehead atoms. The van der Waals surface area contributed by atoms with E-state index in [4.69, 9.17) is 0 Å². The van der Waals surface area contributed by atoms with Crippen LogP contribution < -0.4 is 10.2 Å². The smallest absolute Gasteiger partial charge is 0.126 e. The Labute approximate surface area is 109 Å². The molecular weight excluding hydrogens is 222 g/mol. The summed E-state index contributed by atoms with van der Waals surface area (Å²) in [6.07, 6.45) is 2.33. The van der Waals surface area contributed by atoms with Gasteiger partial charge in [-0.3, -0.25) is 0 Å². The fourth-order valence-electron chi connectivity index (χ4n) is 2.62. The molecule has 3 heteroatoms. The number of para-hydroxylation sites is 1. The molecule has 0 amide bonds. The standard InChI is InChI=1S/C15H21N3/c1-12-6-4-5-7-14(12)18(3)11-15(10-16,17-2)13-8-9-13/h4-7,13,17H,8-9,11H2,1-3H3. The van der Waals surface area contributed by atoms with Crippen molar-refractivity contribution in [3.63, 3.8) is 0 Å². The highest BCUT2D eigenvalue weighted by Crippen LogP contribution is 2.40. The summed E-state index contributed by atoms with van der Waals surface area (Å²) in [7, 11) is 3.96. The van der Waals surface area contributed by atoms with Gasteiger partial charge in [0.15, 0.2) is 0 Å². The van der Waals surface area contributed by atoms with Crippen molar-refractivity contribution in [1.29, 1.82) is 5.26 Å². The monoisotopic (exact) mass is 243 g/mol. The molecule has 1 N–H and O–H groups in total. The number of aryl methyl sites for hydroxylation is 1. The van der Waals surface area contributed by atoms with Crippen LogP contribution >= 0.6 is 0 Å². The van der Waals surface area contributed by atoms with E-state index < -0.39 is 5.54 Å². The molecule has 18 heavy (non-hydrogen) atoms. The first-order valence-corrected chi connectivity index (χ1v) is 6.50. The van der Waals surface area contributed by atoms with Crippen LogP contribution in [-0.4, -0.2) is 26.2 Å². The lowest BCUT2D eigenvalue weighted by molar-refractivity contribution is 0.398. The predicted molar refractivity (Wildman–Crippen MR) is 74.6 cm³/mol. The summed E-state index contributed by atoms with van der Waals surface area (Å²) >= 11 is 0. The van der Waals surface area contributed by atoms with Crippen molar-refractivity contribution in [3.05, 3.63) is 29.8 Å². The molecule has 2 rings (SSSR count). The molecule has 0 aliphatic heterocycles. The number of nitrogens with zero attached hydrogens (tertiary/aromatic N) is 2. The van der Waals surface area contributed by atoms with Crippen molar-refractivity contribution in [2.24, 2.45) is 5.92 Å². The van der Waals surface area contributed by atoms with Crippen LogP contribution in [0.15, 0.2) is 24.3 Å². The molecule has 0 heterocycles. The van der Waals surface area contributed by atoms with Crippen molar-refractivity contribution in [3.8, 4) is 6.07 Å². The van der Waals surface area contributed by atoms with Crippen molar-refractivity contribution in [2.75, 3.05) is 25.5 Å². The molecule has 1 aliphatic rings. The number of likely N-dealkylation sites (N-methyl/N-ethyl adjacent to an activating group) is 2. The maximum absolute atomic E-state index is 9.51. The van der Waals surface area contributed by atoms with Crippen LogP contribution in [0.3, 0.4) is 0 Å². The van der Waals surface area contributed by atoms with E-state index in [-0.39, 0.29) is 0 Å². The first kappa shape index (κ1) is 12.9. The Morgan fingerprint density at radius 1 is 1.44 bits per heavy atom. The molecule has 1 fully saturated rings. The van der Waals surface area contributed by atoms with Gasteiger partial charge in [-0.05, 0) is 44.4 Å². The maximum Gasteiger partial charge on any atom is 0.126 e. The highest BCUT2D eigenvalue weighted by molar-refractivity contribution is 5.53. The van der Waals surface area contributed by atoms with Crippen LogP contribution in [0, 0.1) is 24.2 Å². The average Bonchev–Trinajstić information content (AvgIpc) is 3.21. The first-order chi connectivity index (χ1) is 8.63. The molecular formula is C15H21N3. The summed E-state index contributed by atoms with van der Waals surface area (Å²) < 4.78 is 0. The second-order valence-electron chi connectivity index (χ2n) is 5.25. The predicted octanol–water partition coefficient (Wildman–Crippen LogP) is 2.32. The Hall–Kier alpha value is -1.53. The summed E-state index contributed by atoms with van der Waals surface area (Å²) in [6, 6.07) is 10.8. The van der Waals surface area contributed by atoms with E-state index in [2.05, 4.69) is 42.4 Å². The third kappa shape index (κ3) is 2.34. The minimum Gasteiger partial charge on any atom is -0.371 e. The third-order valence-electron chi connectivity index (χ3n) is 3.93. The van der Waals surface area contributed by atoms with Gasteiger partial charge in [0.2, 0.25) is 0 Å². The Kier molecular flexibility index (Phi) is 3.58. The van der Waals surface area contributed by atoms with Crippen LogP contribution in [0.1, 0.15) is 18.4 Å². The van der Waals surface area contributed by atoms with Gasteiger partial charge in [-0.2, -0.15) is 5.26 Å². The van der Waals surface area contributed by atoms with Gasteiger partial charge in [-0.25, -0.2) is 0 Å². The molecule has 1 aromatic carbocycles.